The highest BCUT2D eigenvalue weighted by Crippen LogP contribution is 2.14. The quantitative estimate of drug-likeness (QED) is 0.830. The van der Waals surface area contributed by atoms with E-state index < -0.39 is 5.82 Å². The van der Waals surface area contributed by atoms with Crippen molar-refractivity contribution in [2.75, 3.05) is 19.8 Å². The molecule has 0 aromatic heterocycles. The number of ether oxygens (including phenoxy) is 2. The van der Waals surface area contributed by atoms with Gasteiger partial charge in [0.15, 0.2) is 18.2 Å². The largest absolute Gasteiger partial charge is 0.484 e. The third-order valence-electron chi connectivity index (χ3n) is 3.03. The molecule has 1 N–H and O–H groups in total. The second kappa shape index (κ2) is 9.21. The van der Waals surface area contributed by atoms with Crippen LogP contribution >= 0.6 is 0 Å². The van der Waals surface area contributed by atoms with Crippen LogP contribution in [-0.2, 0) is 4.79 Å². The van der Waals surface area contributed by atoms with Gasteiger partial charge >= 0.3 is 0 Å². The topological polar surface area (TPSA) is 47.6 Å². The Morgan fingerprint density at radius 2 is 1.83 bits per heavy atom. The van der Waals surface area contributed by atoms with E-state index in [-0.39, 0.29) is 31.4 Å². The van der Waals surface area contributed by atoms with Crippen molar-refractivity contribution in [1.29, 1.82) is 0 Å². The van der Waals surface area contributed by atoms with E-state index >= 15 is 0 Å². The number of carbonyl (C=O) groups is 1. The molecule has 2 aromatic carbocycles. The number of benzene rings is 2. The lowest BCUT2D eigenvalue weighted by Gasteiger charge is -2.05. The SMILES string of the molecule is Cc1ccc(OCC(=O)NCC#CCOc2ccccc2F)cc1. The lowest BCUT2D eigenvalue weighted by molar-refractivity contribution is -0.122. The molecule has 2 rings (SSSR count). The van der Waals surface area contributed by atoms with Crippen LogP contribution in [0.1, 0.15) is 5.56 Å². The predicted octanol–water partition coefficient (Wildman–Crippen LogP) is 2.71. The summed E-state index contributed by atoms with van der Waals surface area (Å²) in [5.41, 5.74) is 1.12. The molecule has 0 aliphatic heterocycles. The first-order chi connectivity index (χ1) is 11.6. The third-order valence-corrected chi connectivity index (χ3v) is 3.03. The van der Waals surface area contributed by atoms with Crippen LogP contribution in [-0.4, -0.2) is 25.7 Å². The molecule has 2 aromatic rings. The summed E-state index contributed by atoms with van der Waals surface area (Å²) in [5, 5.41) is 2.61. The van der Waals surface area contributed by atoms with Gasteiger partial charge in [-0.05, 0) is 31.2 Å². The van der Waals surface area contributed by atoms with Gasteiger partial charge in [0.05, 0.1) is 6.54 Å². The van der Waals surface area contributed by atoms with E-state index in [1.54, 1.807) is 12.1 Å². The highest BCUT2D eigenvalue weighted by Gasteiger charge is 2.01. The van der Waals surface area contributed by atoms with Crippen molar-refractivity contribution in [3.05, 3.63) is 59.9 Å². The molecule has 4 nitrogen and oxygen atoms in total. The maximum atomic E-state index is 13.3. The zero-order valence-electron chi connectivity index (χ0n) is 13.3. The van der Waals surface area contributed by atoms with Gasteiger partial charge < -0.3 is 14.8 Å². The first-order valence-electron chi connectivity index (χ1n) is 7.44. The maximum Gasteiger partial charge on any atom is 0.258 e. The second-order valence-corrected chi connectivity index (χ2v) is 4.95. The Morgan fingerprint density at radius 3 is 2.58 bits per heavy atom. The lowest BCUT2D eigenvalue weighted by Crippen LogP contribution is -2.29. The molecule has 24 heavy (non-hydrogen) atoms. The van der Waals surface area contributed by atoms with Gasteiger partial charge in [-0.3, -0.25) is 4.79 Å². The standard InChI is InChI=1S/C19H18FNO3/c1-15-8-10-16(11-9-15)24-14-19(22)21-12-4-5-13-23-18-7-3-2-6-17(18)20/h2-3,6-11H,12-14H2,1H3,(H,21,22). The fourth-order valence-electron chi connectivity index (χ4n) is 1.77. The Hall–Kier alpha value is -3.00. The highest BCUT2D eigenvalue weighted by atomic mass is 19.1. The summed E-state index contributed by atoms with van der Waals surface area (Å²) in [7, 11) is 0. The van der Waals surface area contributed by atoms with E-state index in [9.17, 15) is 9.18 Å². The summed E-state index contributed by atoms with van der Waals surface area (Å²) in [5.74, 6) is 5.53. The van der Waals surface area contributed by atoms with Crippen molar-refractivity contribution < 1.29 is 18.7 Å². The zero-order valence-corrected chi connectivity index (χ0v) is 13.3. The monoisotopic (exact) mass is 327 g/mol. The minimum atomic E-state index is -0.430. The minimum Gasteiger partial charge on any atom is -0.484 e. The van der Waals surface area contributed by atoms with Crippen LogP contribution in [0.4, 0.5) is 4.39 Å². The number of aryl methyl sites for hydroxylation is 1. The van der Waals surface area contributed by atoms with E-state index in [1.165, 1.54) is 12.1 Å². The summed E-state index contributed by atoms with van der Waals surface area (Å²) in [4.78, 5) is 11.6. The smallest absolute Gasteiger partial charge is 0.258 e. The number of carbonyl (C=O) groups excluding carboxylic acids is 1. The van der Waals surface area contributed by atoms with Crippen LogP contribution in [0.2, 0.25) is 0 Å². The third kappa shape index (κ3) is 6.01. The summed E-state index contributed by atoms with van der Waals surface area (Å²) in [6, 6.07) is 13.5. The summed E-state index contributed by atoms with van der Waals surface area (Å²) in [6.45, 7) is 2.13. The van der Waals surface area contributed by atoms with Gasteiger partial charge in [-0.25, -0.2) is 4.39 Å². The Morgan fingerprint density at radius 1 is 1.08 bits per heavy atom. The van der Waals surface area contributed by atoms with Gasteiger partial charge in [-0.2, -0.15) is 0 Å². The van der Waals surface area contributed by atoms with E-state index in [0.717, 1.165) is 5.56 Å². The molecule has 0 fully saturated rings. The molecule has 0 aliphatic carbocycles. The van der Waals surface area contributed by atoms with Crippen LogP contribution in [0, 0.1) is 24.6 Å². The normalized spacial score (nSPS) is 9.58. The summed E-state index contributed by atoms with van der Waals surface area (Å²) >= 11 is 0. The molecule has 0 bridgehead atoms. The molecule has 0 atom stereocenters. The first kappa shape index (κ1) is 17.4. The first-order valence-corrected chi connectivity index (χ1v) is 7.44. The van der Waals surface area contributed by atoms with Crippen molar-refractivity contribution in [3.63, 3.8) is 0 Å². The molecule has 0 saturated carbocycles. The number of hydrogen-bond acceptors (Lipinski definition) is 3. The number of rotatable bonds is 6. The summed E-state index contributed by atoms with van der Waals surface area (Å²) < 4.78 is 23.8. The van der Waals surface area contributed by atoms with Crippen LogP contribution in [0.15, 0.2) is 48.5 Å². The number of halogens is 1. The van der Waals surface area contributed by atoms with Gasteiger partial charge in [0.25, 0.3) is 5.91 Å². The number of amides is 1. The Kier molecular flexibility index (Phi) is 6.66. The molecule has 0 saturated heterocycles. The maximum absolute atomic E-state index is 13.3. The van der Waals surface area contributed by atoms with Crippen molar-refractivity contribution in [2.45, 2.75) is 6.92 Å². The van der Waals surface area contributed by atoms with Crippen LogP contribution < -0.4 is 14.8 Å². The van der Waals surface area contributed by atoms with Crippen molar-refractivity contribution in [3.8, 4) is 23.3 Å². The molecular weight excluding hydrogens is 309 g/mol. The highest BCUT2D eigenvalue weighted by molar-refractivity contribution is 5.77. The number of para-hydroxylation sites is 1. The van der Waals surface area contributed by atoms with Gasteiger partial charge in [0, 0.05) is 0 Å². The average molecular weight is 327 g/mol. The Labute approximate surface area is 140 Å². The number of nitrogens with one attached hydrogen (secondary N) is 1. The van der Waals surface area contributed by atoms with Crippen molar-refractivity contribution >= 4 is 5.91 Å². The van der Waals surface area contributed by atoms with Gasteiger partial charge in [-0.1, -0.05) is 41.7 Å². The lowest BCUT2D eigenvalue weighted by atomic mass is 10.2. The van der Waals surface area contributed by atoms with E-state index in [0.29, 0.717) is 5.75 Å². The molecule has 0 spiro atoms. The van der Waals surface area contributed by atoms with Crippen LogP contribution in [0.25, 0.3) is 0 Å². The fraction of sp³-hybridized carbons (Fsp3) is 0.211. The van der Waals surface area contributed by atoms with Gasteiger partial charge in [-0.15, -0.1) is 0 Å². The molecule has 0 aliphatic rings. The molecule has 1 amide bonds. The predicted molar refractivity (Wildman–Crippen MR) is 89.4 cm³/mol. The van der Waals surface area contributed by atoms with E-state index in [1.807, 2.05) is 31.2 Å². The van der Waals surface area contributed by atoms with Crippen LogP contribution in [0.3, 0.4) is 0 Å². The van der Waals surface area contributed by atoms with Gasteiger partial charge in [0.2, 0.25) is 0 Å². The Balaban J connectivity index is 1.62. The van der Waals surface area contributed by atoms with Crippen LogP contribution in [0.5, 0.6) is 11.5 Å². The minimum absolute atomic E-state index is 0.0523. The zero-order chi connectivity index (χ0) is 17.2. The van der Waals surface area contributed by atoms with Crippen molar-refractivity contribution in [2.24, 2.45) is 0 Å². The van der Waals surface area contributed by atoms with E-state index in [2.05, 4.69) is 17.2 Å². The second-order valence-electron chi connectivity index (χ2n) is 4.95. The molecule has 5 heteroatoms. The molecule has 0 unspecified atom stereocenters. The molecule has 0 heterocycles. The molecular formula is C19H18FNO3. The Bertz CT molecular complexity index is 732. The number of hydrogen-bond donors (Lipinski definition) is 1. The molecule has 0 radical (unpaired) electrons. The van der Waals surface area contributed by atoms with Gasteiger partial charge in [0.1, 0.15) is 12.4 Å². The summed E-state index contributed by atoms with van der Waals surface area (Å²) in [6.07, 6.45) is 0. The fourth-order valence-corrected chi connectivity index (χ4v) is 1.77. The van der Waals surface area contributed by atoms with Crippen molar-refractivity contribution in [1.82, 2.24) is 5.32 Å². The average Bonchev–Trinajstić information content (AvgIpc) is 2.59. The molecule has 124 valence electrons. The van der Waals surface area contributed by atoms with E-state index in [4.69, 9.17) is 9.47 Å².